The third-order valence-electron chi connectivity index (χ3n) is 8.85. The standard InChI is InChI=1S/C27H46BP/c1-25(2,3)29(26(4,5)28)20-21-14-12-13-19-24(21)27(29,22-15-8-6-9-16-22)23-17-10-7-11-18-23/h12-14,19,22-23H,6-11,15-18,20H2,1-5,28H3. The molecule has 29 heavy (non-hydrogen) atoms. The van der Waals surface area contributed by atoms with Gasteiger partial charge in [-0.3, -0.25) is 0 Å². The number of hydrogen-bond acceptors (Lipinski definition) is 0. The van der Waals surface area contributed by atoms with Gasteiger partial charge < -0.3 is 0 Å². The fourth-order valence-electron chi connectivity index (χ4n) is 8.11. The molecule has 2 fully saturated rings. The van der Waals surface area contributed by atoms with E-state index in [4.69, 9.17) is 0 Å². The van der Waals surface area contributed by atoms with Crippen molar-refractivity contribution >= 4 is 15.1 Å². The summed E-state index contributed by atoms with van der Waals surface area (Å²) in [6.07, 6.45) is 16.4. The first-order valence-electron chi connectivity index (χ1n) is 12.1. The summed E-state index contributed by atoms with van der Waals surface area (Å²) < 4.78 is 0. The summed E-state index contributed by atoms with van der Waals surface area (Å²) >= 11 is 0. The third-order valence-corrected chi connectivity index (χ3v) is 15.7. The van der Waals surface area contributed by atoms with Crippen molar-refractivity contribution in [2.24, 2.45) is 11.8 Å². The maximum atomic E-state index is 2.75. The van der Waals surface area contributed by atoms with Gasteiger partial charge in [0.1, 0.15) is 5.16 Å². The summed E-state index contributed by atoms with van der Waals surface area (Å²) in [7, 11) is -0.997. The monoisotopic (exact) mass is 412 g/mol. The van der Waals surface area contributed by atoms with E-state index in [0.717, 1.165) is 11.8 Å². The number of benzene rings is 1. The first kappa shape index (κ1) is 21.9. The van der Waals surface area contributed by atoms with Crippen LogP contribution in [0.25, 0.3) is 0 Å². The molecule has 0 N–H and O–H groups in total. The maximum Gasteiger partial charge on any atom is 0.109 e. The minimum atomic E-state index is -1.26. The molecule has 1 aromatic rings. The van der Waals surface area contributed by atoms with Crippen LogP contribution >= 0.6 is 7.26 Å². The molecular formula is C27H46BP. The molecule has 1 aromatic carbocycles. The van der Waals surface area contributed by atoms with E-state index in [1.807, 2.05) is 5.56 Å². The second-order valence-electron chi connectivity index (χ2n) is 11.2. The molecule has 1 aliphatic heterocycles. The molecule has 0 saturated heterocycles. The van der Waals surface area contributed by atoms with Crippen molar-refractivity contribution in [1.29, 1.82) is 0 Å². The van der Waals surface area contributed by atoms with E-state index in [1.54, 1.807) is 5.56 Å². The Labute approximate surface area is 182 Å². The van der Waals surface area contributed by atoms with Gasteiger partial charge in [-0.05, 0) is 52.0 Å². The van der Waals surface area contributed by atoms with Crippen LogP contribution in [0.1, 0.15) is 110 Å². The molecule has 0 radical (unpaired) electrons. The van der Waals surface area contributed by atoms with Crippen LogP contribution in [-0.2, 0) is 11.3 Å². The van der Waals surface area contributed by atoms with E-state index in [2.05, 4.69) is 58.9 Å². The highest BCUT2D eigenvalue weighted by atomic mass is 31.2. The van der Waals surface area contributed by atoms with Crippen molar-refractivity contribution in [3.05, 3.63) is 35.4 Å². The second kappa shape index (κ2) is 7.69. The van der Waals surface area contributed by atoms with E-state index in [9.17, 15) is 0 Å². The van der Waals surface area contributed by atoms with Crippen molar-refractivity contribution < 1.29 is 0 Å². The lowest BCUT2D eigenvalue weighted by Crippen LogP contribution is -2.53. The zero-order valence-electron chi connectivity index (χ0n) is 19.2. The predicted octanol–water partition coefficient (Wildman–Crippen LogP) is 7.47. The van der Waals surface area contributed by atoms with Gasteiger partial charge in [0, 0.05) is 32.5 Å². The Balaban J connectivity index is 2.06. The lowest BCUT2D eigenvalue weighted by molar-refractivity contribution is 0.166. The molecule has 2 saturated carbocycles. The smallest absolute Gasteiger partial charge is 0.0618 e. The van der Waals surface area contributed by atoms with Crippen LogP contribution in [0.15, 0.2) is 24.3 Å². The summed E-state index contributed by atoms with van der Waals surface area (Å²) in [6.45, 7) is 13.5. The zero-order chi connectivity index (χ0) is 20.9. The van der Waals surface area contributed by atoms with E-state index >= 15 is 0 Å². The maximum absolute atomic E-state index is 2.75. The van der Waals surface area contributed by atoms with Crippen LogP contribution in [0.3, 0.4) is 0 Å². The first-order valence-corrected chi connectivity index (χ1v) is 14.1. The molecule has 1 atom stereocenters. The molecular weight excluding hydrogens is 366 g/mol. The Kier molecular flexibility index (Phi) is 5.82. The van der Waals surface area contributed by atoms with Crippen molar-refractivity contribution in [3.8, 4) is 0 Å². The van der Waals surface area contributed by atoms with Crippen LogP contribution in [0, 0.1) is 11.8 Å². The lowest BCUT2D eigenvalue weighted by atomic mass is 9.65. The summed E-state index contributed by atoms with van der Waals surface area (Å²) in [6, 6.07) is 9.94. The third kappa shape index (κ3) is 3.11. The minimum absolute atomic E-state index is 0.266. The normalized spacial score (nSPS) is 29.0. The molecule has 0 amide bonds. The van der Waals surface area contributed by atoms with Crippen LogP contribution < -0.4 is 0 Å². The summed E-state index contributed by atoms with van der Waals surface area (Å²) in [5.74, 6) is 1.90. The minimum Gasteiger partial charge on any atom is -0.0618 e. The van der Waals surface area contributed by atoms with Gasteiger partial charge in [-0.2, -0.15) is 0 Å². The predicted molar refractivity (Wildman–Crippen MR) is 136 cm³/mol. The highest BCUT2D eigenvalue weighted by Crippen LogP contribution is 2.93. The molecule has 2 aliphatic carbocycles. The number of rotatable bonds is 3. The van der Waals surface area contributed by atoms with Gasteiger partial charge in [0.15, 0.2) is 0 Å². The van der Waals surface area contributed by atoms with Gasteiger partial charge in [0.2, 0.25) is 0 Å². The van der Waals surface area contributed by atoms with E-state index in [1.165, 1.54) is 70.4 Å². The average Bonchev–Trinajstić information content (AvgIpc) is 3.02. The van der Waals surface area contributed by atoms with Crippen molar-refractivity contribution in [2.75, 3.05) is 0 Å². The Bertz CT molecular complexity index is 679. The molecule has 4 rings (SSSR count). The summed E-state index contributed by atoms with van der Waals surface area (Å²) in [5.41, 5.74) is 3.65. The molecule has 3 aliphatic rings. The van der Waals surface area contributed by atoms with Gasteiger partial charge in [-0.25, -0.2) is 0 Å². The average molecular weight is 412 g/mol. The van der Waals surface area contributed by atoms with E-state index < -0.39 is 7.26 Å². The topological polar surface area (TPSA) is 0 Å². The van der Waals surface area contributed by atoms with Crippen LogP contribution in [0.5, 0.6) is 0 Å². The Morgan fingerprint density at radius 1 is 0.793 bits per heavy atom. The second-order valence-corrected chi connectivity index (χ2v) is 16.2. The van der Waals surface area contributed by atoms with Gasteiger partial charge in [-0.1, -0.05) is 81.7 Å². The Morgan fingerprint density at radius 3 is 1.72 bits per heavy atom. The summed E-state index contributed by atoms with van der Waals surface area (Å²) in [4.78, 5) is 0. The molecule has 0 aromatic heterocycles. The molecule has 0 bridgehead atoms. The zero-order valence-corrected chi connectivity index (χ0v) is 20.1. The van der Waals surface area contributed by atoms with Gasteiger partial charge in [0.25, 0.3) is 0 Å². The molecule has 1 unspecified atom stereocenters. The number of hydrogen-bond donors (Lipinski definition) is 0. The lowest BCUT2D eigenvalue weighted by Gasteiger charge is -2.63. The SMILES string of the molecule is [BH3-]C(C)(C)[P+]1(C(C)(C)C)Cc2ccccc2C1(C1CCCCC1)C1CCCCC1. The van der Waals surface area contributed by atoms with Crippen molar-refractivity contribution in [2.45, 2.75) is 120 Å². The summed E-state index contributed by atoms with van der Waals surface area (Å²) in [5, 5.41) is 1.61. The van der Waals surface area contributed by atoms with Gasteiger partial charge in [-0.15, -0.1) is 0 Å². The Hall–Kier alpha value is -0.285. The molecule has 0 nitrogen and oxygen atoms in total. The first-order chi connectivity index (χ1) is 13.7. The van der Waals surface area contributed by atoms with E-state index in [-0.39, 0.29) is 7.85 Å². The van der Waals surface area contributed by atoms with Crippen LogP contribution in [0.4, 0.5) is 0 Å². The van der Waals surface area contributed by atoms with E-state index in [0.29, 0.717) is 15.4 Å². The van der Waals surface area contributed by atoms with Gasteiger partial charge in [0.05, 0.1) is 11.3 Å². The fourth-order valence-corrected chi connectivity index (χ4v) is 15.5. The van der Waals surface area contributed by atoms with Gasteiger partial charge >= 0.3 is 0 Å². The Morgan fingerprint density at radius 2 is 1.28 bits per heavy atom. The van der Waals surface area contributed by atoms with Crippen molar-refractivity contribution in [1.82, 2.24) is 0 Å². The largest absolute Gasteiger partial charge is 0.109 e. The highest BCUT2D eigenvalue weighted by Gasteiger charge is 2.75. The highest BCUT2D eigenvalue weighted by molar-refractivity contribution is 7.80. The van der Waals surface area contributed by atoms with Crippen molar-refractivity contribution in [3.63, 3.8) is 0 Å². The quantitative estimate of drug-likeness (QED) is 0.357. The van der Waals surface area contributed by atoms with Crippen LogP contribution in [-0.4, -0.2) is 18.1 Å². The molecule has 2 heteroatoms. The molecule has 162 valence electrons. The number of fused-ring (bicyclic) bond motifs is 1. The molecule has 1 heterocycles. The fraction of sp³-hybridized carbons (Fsp3) is 0.778. The molecule has 0 spiro atoms. The van der Waals surface area contributed by atoms with Crippen LogP contribution in [0.2, 0.25) is 0 Å².